The molecule has 2 aromatic carbocycles. The van der Waals surface area contributed by atoms with E-state index in [0.717, 1.165) is 0 Å². The second-order valence-corrected chi connectivity index (χ2v) is 6.97. The average molecular weight is 460 g/mol. The van der Waals surface area contributed by atoms with Crippen LogP contribution in [0.3, 0.4) is 0 Å². The highest BCUT2D eigenvalue weighted by Gasteiger charge is 2.30. The smallest absolute Gasteiger partial charge is 0.376 e. The number of methoxy groups -OCH3 is 1. The van der Waals surface area contributed by atoms with Gasteiger partial charge < -0.3 is 19.3 Å². The van der Waals surface area contributed by atoms with Gasteiger partial charge in [0.2, 0.25) is 0 Å². The van der Waals surface area contributed by atoms with Crippen molar-refractivity contribution in [2.45, 2.75) is 6.54 Å². The average Bonchev–Trinajstić information content (AvgIpc) is 3.52. The first-order chi connectivity index (χ1) is 16.5. The molecule has 10 heteroatoms. The van der Waals surface area contributed by atoms with Crippen LogP contribution in [0.2, 0.25) is 0 Å². The minimum atomic E-state index is -0.755. The van der Waals surface area contributed by atoms with Crippen LogP contribution in [-0.2, 0) is 21.0 Å². The summed E-state index contributed by atoms with van der Waals surface area (Å²) in [6.45, 7) is 0.0679. The zero-order chi connectivity index (χ0) is 23.9. The van der Waals surface area contributed by atoms with Crippen molar-refractivity contribution in [1.82, 2.24) is 10.9 Å². The Labute approximate surface area is 194 Å². The number of hydrogen-bond acceptors (Lipinski definition) is 8. The quantitative estimate of drug-likeness (QED) is 0.407. The van der Waals surface area contributed by atoms with Crippen LogP contribution in [0.5, 0.6) is 5.75 Å². The number of ether oxygens (including phenoxy) is 1. The van der Waals surface area contributed by atoms with Crippen molar-refractivity contribution >= 4 is 29.2 Å². The van der Waals surface area contributed by atoms with Crippen LogP contribution in [-0.4, -0.2) is 30.6 Å². The number of carbonyl (C=O) groups excluding carboxylic acids is 3. The van der Waals surface area contributed by atoms with Gasteiger partial charge in [-0.15, -0.1) is 0 Å². The van der Waals surface area contributed by atoms with Gasteiger partial charge in [-0.3, -0.25) is 9.59 Å². The van der Waals surface area contributed by atoms with Crippen molar-refractivity contribution < 1.29 is 28.4 Å². The van der Waals surface area contributed by atoms with Crippen molar-refractivity contribution in [3.05, 3.63) is 96.1 Å². The Hall–Kier alpha value is -4.70. The molecule has 2 amide bonds. The van der Waals surface area contributed by atoms with Crippen LogP contribution in [0, 0.1) is 0 Å². The van der Waals surface area contributed by atoms with Crippen LogP contribution >= 0.6 is 0 Å². The number of rotatable bonds is 7. The van der Waals surface area contributed by atoms with Crippen molar-refractivity contribution in [2.75, 3.05) is 12.1 Å². The number of anilines is 1. The molecule has 3 aromatic rings. The van der Waals surface area contributed by atoms with Crippen molar-refractivity contribution in [3.8, 4) is 5.75 Å². The first kappa shape index (κ1) is 22.5. The molecule has 34 heavy (non-hydrogen) atoms. The van der Waals surface area contributed by atoms with Crippen LogP contribution in [0.1, 0.15) is 16.1 Å². The molecule has 4 rings (SSSR count). The maximum Gasteiger partial charge on any atom is 0.376 e. The second-order valence-electron chi connectivity index (χ2n) is 6.97. The number of amides is 2. The van der Waals surface area contributed by atoms with Crippen LogP contribution in [0.25, 0.3) is 0 Å². The Morgan fingerprint density at radius 1 is 1.09 bits per heavy atom. The van der Waals surface area contributed by atoms with Crippen LogP contribution < -0.4 is 20.7 Å². The van der Waals surface area contributed by atoms with Gasteiger partial charge in [0.15, 0.2) is 5.70 Å². The number of hydrogen-bond donors (Lipinski definition) is 2. The molecule has 0 radical (unpaired) electrons. The van der Waals surface area contributed by atoms with Gasteiger partial charge in [-0.2, -0.15) is 0 Å². The minimum Gasteiger partial charge on any atom is -0.497 e. The van der Waals surface area contributed by atoms with Gasteiger partial charge in [0.1, 0.15) is 17.2 Å². The minimum absolute atomic E-state index is 0.0436. The van der Waals surface area contributed by atoms with E-state index < -0.39 is 17.8 Å². The maximum absolute atomic E-state index is 12.9. The topological polar surface area (TPSA) is 122 Å². The third-order valence-electron chi connectivity index (χ3n) is 4.76. The van der Waals surface area contributed by atoms with Gasteiger partial charge in [-0.25, -0.2) is 14.8 Å². The largest absolute Gasteiger partial charge is 0.497 e. The zero-order valence-corrected chi connectivity index (χ0v) is 18.1. The van der Waals surface area contributed by atoms with Gasteiger partial charge >= 0.3 is 5.97 Å². The van der Waals surface area contributed by atoms with Crippen LogP contribution in [0.4, 0.5) is 5.69 Å². The summed E-state index contributed by atoms with van der Waals surface area (Å²) in [5, 5.41) is 3.96. The third-order valence-corrected chi connectivity index (χ3v) is 4.76. The highest BCUT2D eigenvalue weighted by Crippen LogP contribution is 2.24. The molecule has 1 aliphatic heterocycles. The maximum atomic E-state index is 12.9. The third kappa shape index (κ3) is 5.19. The molecule has 0 bridgehead atoms. The lowest BCUT2D eigenvalue weighted by Crippen LogP contribution is -2.33. The summed E-state index contributed by atoms with van der Waals surface area (Å²) in [5.74, 6) is -0.946. The lowest BCUT2D eigenvalue weighted by molar-refractivity contribution is -0.140. The predicted octanol–water partition coefficient (Wildman–Crippen LogP) is 2.55. The summed E-state index contributed by atoms with van der Waals surface area (Å²) in [7, 11) is 1.54. The second kappa shape index (κ2) is 10.3. The fraction of sp³-hybridized carbons (Fsp3) is 0.0833. The van der Waals surface area contributed by atoms with E-state index in [4.69, 9.17) is 14.0 Å². The number of aliphatic imine (C=N–C) groups is 1. The SMILES string of the molecule is COc1ccc(N2NOC(=O)/C2=C\C(=NC(=O)c2ccccc2)C(=O)NCc2ccco2)cc1. The fourth-order valence-electron chi connectivity index (χ4n) is 3.03. The molecule has 2 N–H and O–H groups in total. The van der Waals surface area contributed by atoms with E-state index in [-0.39, 0.29) is 23.5 Å². The summed E-state index contributed by atoms with van der Waals surface area (Å²) in [5.41, 5.74) is 2.97. The molecule has 1 fully saturated rings. The number of nitrogens with zero attached hydrogens (tertiary/aromatic N) is 2. The molecule has 1 saturated heterocycles. The lowest BCUT2D eigenvalue weighted by Gasteiger charge is -2.16. The van der Waals surface area contributed by atoms with Crippen molar-refractivity contribution in [2.24, 2.45) is 4.99 Å². The van der Waals surface area contributed by atoms with Crippen molar-refractivity contribution in [1.29, 1.82) is 0 Å². The normalized spacial score (nSPS) is 14.7. The standard InChI is InChI=1S/C24H20N4O6/c1-32-18-11-9-17(10-12-18)28-21(24(31)34-27-28)14-20(23(30)25-15-19-8-5-13-33-19)26-22(29)16-6-3-2-4-7-16/h2-14,27H,15H2,1H3,(H,25,30)/b21-14+,26-20?. The Balaban J connectivity index is 1.67. The number of nitrogens with one attached hydrogen (secondary N) is 2. The Bertz CT molecular complexity index is 1230. The molecular weight excluding hydrogens is 440 g/mol. The first-order valence-electron chi connectivity index (χ1n) is 10.2. The Morgan fingerprint density at radius 2 is 1.85 bits per heavy atom. The van der Waals surface area contributed by atoms with Gasteiger partial charge in [0.05, 0.1) is 25.6 Å². The Morgan fingerprint density at radius 3 is 2.53 bits per heavy atom. The molecule has 0 saturated carbocycles. The molecule has 1 aliphatic rings. The van der Waals surface area contributed by atoms with E-state index in [1.165, 1.54) is 24.5 Å². The van der Waals surface area contributed by atoms with E-state index in [1.54, 1.807) is 66.7 Å². The monoisotopic (exact) mass is 460 g/mol. The van der Waals surface area contributed by atoms with Crippen LogP contribution in [0.15, 0.2) is 94.2 Å². The number of hydrazine groups is 1. The highest BCUT2D eigenvalue weighted by molar-refractivity contribution is 6.45. The first-order valence-corrected chi connectivity index (χ1v) is 10.2. The van der Waals surface area contributed by atoms with E-state index >= 15 is 0 Å². The van der Waals surface area contributed by atoms with E-state index in [0.29, 0.717) is 17.2 Å². The summed E-state index contributed by atoms with van der Waals surface area (Å²) in [6, 6.07) is 18.4. The van der Waals surface area contributed by atoms with Gasteiger partial charge in [-0.1, -0.05) is 23.8 Å². The van der Waals surface area contributed by atoms with Gasteiger partial charge in [0, 0.05) is 11.6 Å². The number of furan rings is 1. The van der Waals surface area contributed by atoms with E-state index in [1.807, 2.05) is 0 Å². The molecule has 10 nitrogen and oxygen atoms in total. The van der Waals surface area contributed by atoms with E-state index in [2.05, 4.69) is 15.9 Å². The van der Waals surface area contributed by atoms with Gasteiger partial charge in [0.25, 0.3) is 11.8 Å². The molecule has 0 aliphatic carbocycles. The summed E-state index contributed by atoms with van der Waals surface area (Å²) < 4.78 is 10.4. The fourth-order valence-corrected chi connectivity index (χ4v) is 3.03. The van der Waals surface area contributed by atoms with Crippen molar-refractivity contribution in [3.63, 3.8) is 0 Å². The Kier molecular flexibility index (Phi) is 6.80. The summed E-state index contributed by atoms with van der Waals surface area (Å²) in [4.78, 5) is 47.0. The number of carbonyl (C=O) groups is 3. The molecular formula is C24H20N4O6. The molecule has 1 aromatic heterocycles. The summed E-state index contributed by atoms with van der Waals surface area (Å²) >= 11 is 0. The molecule has 2 heterocycles. The number of benzene rings is 2. The highest BCUT2D eigenvalue weighted by atomic mass is 16.7. The molecule has 172 valence electrons. The molecule has 0 spiro atoms. The zero-order valence-electron chi connectivity index (χ0n) is 18.1. The van der Waals surface area contributed by atoms with Gasteiger partial charge in [-0.05, 0) is 48.5 Å². The van der Waals surface area contributed by atoms with E-state index in [9.17, 15) is 14.4 Å². The predicted molar refractivity (Wildman–Crippen MR) is 122 cm³/mol. The molecule has 0 unspecified atom stereocenters. The lowest BCUT2D eigenvalue weighted by atomic mass is 10.2. The molecule has 0 atom stereocenters. The summed E-state index contributed by atoms with van der Waals surface area (Å²) in [6.07, 6.45) is 2.66.